The minimum atomic E-state index is -1.02. The molecule has 2 aliphatic heterocycles. The first-order valence-electron chi connectivity index (χ1n) is 6.58. The first kappa shape index (κ1) is 13.3. The maximum Gasteiger partial charge on any atom is 0.328 e. The molecule has 3 unspecified atom stereocenters. The fourth-order valence-electron chi connectivity index (χ4n) is 2.82. The molecule has 3 rings (SSSR count). The van der Waals surface area contributed by atoms with Crippen LogP contribution in [0.4, 0.5) is 0 Å². The van der Waals surface area contributed by atoms with Crippen LogP contribution in [-0.2, 0) is 9.53 Å². The first-order valence-corrected chi connectivity index (χ1v) is 7.46. The second-order valence-electron chi connectivity index (χ2n) is 5.07. The third-order valence-corrected chi connectivity index (χ3v) is 4.66. The minimum absolute atomic E-state index is 0.0830. The maximum absolute atomic E-state index is 12.3. The zero-order chi connectivity index (χ0) is 14.1. The SMILES string of the molecule is O=C(O)/C=C/c1ccsc1C(=O)NC1CC2CCC1O2. The lowest BCUT2D eigenvalue weighted by molar-refractivity contribution is -0.131. The first-order chi connectivity index (χ1) is 9.63. The average Bonchev–Trinajstić information content (AvgIpc) is 3.12. The number of rotatable bonds is 4. The number of carbonyl (C=O) groups is 2. The molecular weight excluding hydrogens is 278 g/mol. The Hall–Kier alpha value is -1.66. The van der Waals surface area contributed by atoms with Gasteiger partial charge in [-0.1, -0.05) is 0 Å². The predicted molar refractivity (Wildman–Crippen MR) is 74.8 cm³/mol. The molecular formula is C14H15NO4S. The van der Waals surface area contributed by atoms with Gasteiger partial charge in [0, 0.05) is 6.08 Å². The summed E-state index contributed by atoms with van der Waals surface area (Å²) >= 11 is 1.32. The third-order valence-electron chi connectivity index (χ3n) is 3.73. The van der Waals surface area contributed by atoms with Gasteiger partial charge in [-0.3, -0.25) is 4.79 Å². The lowest BCUT2D eigenvalue weighted by Gasteiger charge is -2.19. The van der Waals surface area contributed by atoms with Crippen molar-refractivity contribution in [2.45, 2.75) is 37.5 Å². The van der Waals surface area contributed by atoms with Gasteiger partial charge in [-0.05, 0) is 42.3 Å². The molecule has 2 bridgehead atoms. The number of aliphatic carboxylic acids is 1. The number of hydrogen-bond acceptors (Lipinski definition) is 4. The standard InChI is InChI=1S/C14H15NO4S/c16-12(17)4-1-8-5-6-20-13(8)14(18)15-10-7-9-2-3-11(10)19-9/h1,4-6,9-11H,2-3,7H2,(H,15,18)(H,16,17)/b4-1+. The van der Waals surface area contributed by atoms with Gasteiger partial charge in [0.1, 0.15) is 0 Å². The Kier molecular flexibility index (Phi) is 3.58. The van der Waals surface area contributed by atoms with Crippen LogP contribution in [0, 0.1) is 0 Å². The largest absolute Gasteiger partial charge is 0.478 e. The number of fused-ring (bicyclic) bond motifs is 2. The molecule has 1 amide bonds. The predicted octanol–water partition coefficient (Wildman–Crippen LogP) is 1.90. The van der Waals surface area contributed by atoms with Gasteiger partial charge >= 0.3 is 5.97 Å². The van der Waals surface area contributed by atoms with Crippen LogP contribution in [0.3, 0.4) is 0 Å². The third kappa shape index (κ3) is 2.62. The molecule has 2 N–H and O–H groups in total. The van der Waals surface area contributed by atoms with E-state index < -0.39 is 5.97 Å². The second kappa shape index (κ2) is 5.38. The van der Waals surface area contributed by atoms with Crippen molar-refractivity contribution in [2.24, 2.45) is 0 Å². The number of nitrogens with one attached hydrogen (secondary N) is 1. The molecule has 6 heteroatoms. The van der Waals surface area contributed by atoms with E-state index in [0.29, 0.717) is 16.5 Å². The summed E-state index contributed by atoms with van der Waals surface area (Å²) in [4.78, 5) is 23.4. The van der Waals surface area contributed by atoms with Crippen molar-refractivity contribution in [2.75, 3.05) is 0 Å². The van der Waals surface area contributed by atoms with Crippen LogP contribution in [0.5, 0.6) is 0 Å². The highest BCUT2D eigenvalue weighted by atomic mass is 32.1. The van der Waals surface area contributed by atoms with Crippen LogP contribution in [-0.4, -0.2) is 35.2 Å². The van der Waals surface area contributed by atoms with Crippen LogP contribution in [0.25, 0.3) is 6.08 Å². The van der Waals surface area contributed by atoms with E-state index in [1.165, 1.54) is 17.4 Å². The molecule has 0 aliphatic carbocycles. The van der Waals surface area contributed by atoms with Crippen molar-refractivity contribution in [3.8, 4) is 0 Å². The maximum atomic E-state index is 12.3. The molecule has 3 atom stereocenters. The summed E-state index contributed by atoms with van der Waals surface area (Å²) in [6.07, 6.45) is 5.89. The Morgan fingerprint density at radius 3 is 2.95 bits per heavy atom. The van der Waals surface area contributed by atoms with Crippen LogP contribution in [0.2, 0.25) is 0 Å². The molecule has 3 heterocycles. The lowest BCUT2D eigenvalue weighted by Crippen LogP contribution is -2.41. The summed E-state index contributed by atoms with van der Waals surface area (Å²) in [5.74, 6) is -1.17. The van der Waals surface area contributed by atoms with Gasteiger partial charge in [0.25, 0.3) is 5.91 Å². The van der Waals surface area contributed by atoms with Crippen molar-refractivity contribution in [1.29, 1.82) is 0 Å². The topological polar surface area (TPSA) is 75.6 Å². The van der Waals surface area contributed by atoms with E-state index in [1.807, 2.05) is 0 Å². The molecule has 5 nitrogen and oxygen atoms in total. The summed E-state index contributed by atoms with van der Waals surface area (Å²) in [5, 5.41) is 13.4. The summed E-state index contributed by atoms with van der Waals surface area (Å²) in [5.41, 5.74) is 0.638. The van der Waals surface area contributed by atoms with E-state index >= 15 is 0 Å². The van der Waals surface area contributed by atoms with Gasteiger partial charge in [-0.15, -0.1) is 11.3 Å². The summed E-state index contributed by atoms with van der Waals surface area (Å²) in [6.45, 7) is 0. The Bertz CT molecular complexity index is 565. The molecule has 106 valence electrons. The van der Waals surface area contributed by atoms with E-state index in [0.717, 1.165) is 25.3 Å². The molecule has 0 saturated carbocycles. The molecule has 0 radical (unpaired) electrons. The van der Waals surface area contributed by atoms with Crippen LogP contribution in [0.15, 0.2) is 17.5 Å². The van der Waals surface area contributed by atoms with Crippen molar-refractivity contribution in [3.05, 3.63) is 28.0 Å². The quantitative estimate of drug-likeness (QED) is 0.831. The number of carboxylic acids is 1. The molecule has 0 aromatic carbocycles. The van der Waals surface area contributed by atoms with Crippen LogP contribution < -0.4 is 5.32 Å². The average molecular weight is 293 g/mol. The molecule has 1 aromatic heterocycles. The molecule has 1 aromatic rings. The molecule has 2 fully saturated rings. The van der Waals surface area contributed by atoms with E-state index in [1.54, 1.807) is 11.4 Å². The van der Waals surface area contributed by atoms with Gasteiger partial charge in [0.2, 0.25) is 0 Å². The summed E-state index contributed by atoms with van der Waals surface area (Å²) in [7, 11) is 0. The van der Waals surface area contributed by atoms with Gasteiger partial charge in [0.15, 0.2) is 0 Å². The summed E-state index contributed by atoms with van der Waals surface area (Å²) in [6, 6.07) is 1.83. The molecule has 2 saturated heterocycles. The monoisotopic (exact) mass is 293 g/mol. The van der Waals surface area contributed by atoms with Crippen molar-refractivity contribution < 1.29 is 19.4 Å². The number of ether oxygens (including phenoxy) is 1. The Morgan fingerprint density at radius 2 is 2.30 bits per heavy atom. The lowest BCUT2D eigenvalue weighted by atomic mass is 9.95. The van der Waals surface area contributed by atoms with Crippen LogP contribution in [0.1, 0.15) is 34.5 Å². The highest BCUT2D eigenvalue weighted by Crippen LogP contribution is 2.34. The number of carboxylic acid groups (broad SMARTS) is 1. The van der Waals surface area contributed by atoms with Gasteiger partial charge < -0.3 is 15.2 Å². The Morgan fingerprint density at radius 1 is 1.45 bits per heavy atom. The number of amides is 1. The zero-order valence-electron chi connectivity index (χ0n) is 10.7. The van der Waals surface area contributed by atoms with Gasteiger partial charge in [0.05, 0.1) is 23.1 Å². The number of thiophene rings is 1. The fourth-order valence-corrected chi connectivity index (χ4v) is 3.61. The van der Waals surface area contributed by atoms with E-state index in [-0.39, 0.29) is 18.1 Å². The number of carbonyl (C=O) groups excluding carboxylic acids is 1. The van der Waals surface area contributed by atoms with Crippen LogP contribution >= 0.6 is 11.3 Å². The van der Waals surface area contributed by atoms with Crippen molar-refractivity contribution in [3.63, 3.8) is 0 Å². The van der Waals surface area contributed by atoms with Crippen molar-refractivity contribution >= 4 is 29.3 Å². The van der Waals surface area contributed by atoms with Crippen molar-refractivity contribution in [1.82, 2.24) is 5.32 Å². The number of hydrogen-bond donors (Lipinski definition) is 2. The highest BCUT2D eigenvalue weighted by Gasteiger charge is 2.41. The molecule has 20 heavy (non-hydrogen) atoms. The normalized spacial score (nSPS) is 28.1. The Balaban J connectivity index is 1.68. The molecule has 0 spiro atoms. The fraction of sp³-hybridized carbons (Fsp3) is 0.429. The van der Waals surface area contributed by atoms with E-state index in [2.05, 4.69) is 5.32 Å². The van der Waals surface area contributed by atoms with Gasteiger partial charge in [-0.25, -0.2) is 4.79 Å². The van der Waals surface area contributed by atoms with E-state index in [4.69, 9.17) is 9.84 Å². The van der Waals surface area contributed by atoms with E-state index in [9.17, 15) is 9.59 Å². The van der Waals surface area contributed by atoms with Gasteiger partial charge in [-0.2, -0.15) is 0 Å². The molecule has 2 aliphatic rings. The zero-order valence-corrected chi connectivity index (χ0v) is 11.6. The highest BCUT2D eigenvalue weighted by molar-refractivity contribution is 7.12. The minimum Gasteiger partial charge on any atom is -0.478 e. The summed E-state index contributed by atoms with van der Waals surface area (Å²) < 4.78 is 5.71. The second-order valence-corrected chi connectivity index (χ2v) is 5.98. The Labute approximate surface area is 120 Å². The smallest absolute Gasteiger partial charge is 0.328 e.